The van der Waals surface area contributed by atoms with Crippen LogP contribution < -0.4 is 5.32 Å². The molecule has 0 saturated carbocycles. The number of ketones is 1. The molecule has 3 nitrogen and oxygen atoms in total. The summed E-state index contributed by atoms with van der Waals surface area (Å²) in [6.45, 7) is 4.19. The van der Waals surface area contributed by atoms with Crippen LogP contribution in [0.3, 0.4) is 0 Å². The van der Waals surface area contributed by atoms with E-state index < -0.39 is 0 Å². The lowest BCUT2D eigenvalue weighted by atomic mass is 9.69. The van der Waals surface area contributed by atoms with Crippen LogP contribution in [0, 0.1) is 16.7 Å². The summed E-state index contributed by atoms with van der Waals surface area (Å²) in [6, 6.07) is 12.0. The Kier molecular flexibility index (Phi) is 3.62. The van der Waals surface area contributed by atoms with Crippen molar-refractivity contribution in [1.29, 1.82) is 5.26 Å². The van der Waals surface area contributed by atoms with Gasteiger partial charge in [0, 0.05) is 17.7 Å². The monoisotopic (exact) mass is 310 g/mol. The third-order valence-electron chi connectivity index (χ3n) is 4.28. The molecular formula is C18H18N2OS. The molecule has 0 amide bonds. The van der Waals surface area contributed by atoms with E-state index in [0.29, 0.717) is 17.0 Å². The van der Waals surface area contributed by atoms with E-state index in [1.807, 2.05) is 30.3 Å². The summed E-state index contributed by atoms with van der Waals surface area (Å²) in [7, 11) is 0. The highest BCUT2D eigenvalue weighted by Crippen LogP contribution is 2.46. The van der Waals surface area contributed by atoms with Crippen LogP contribution in [0.4, 0.5) is 0 Å². The van der Waals surface area contributed by atoms with Gasteiger partial charge in [-0.25, -0.2) is 0 Å². The fourth-order valence-corrected chi connectivity index (χ4v) is 3.68. The van der Waals surface area contributed by atoms with Crippen molar-refractivity contribution in [2.45, 2.75) is 32.6 Å². The van der Waals surface area contributed by atoms with Gasteiger partial charge in [0.05, 0.1) is 22.6 Å². The molecule has 0 spiro atoms. The van der Waals surface area contributed by atoms with Crippen molar-refractivity contribution < 1.29 is 4.79 Å². The number of carbonyl (C=O) groups is 1. The van der Waals surface area contributed by atoms with Crippen molar-refractivity contribution in [2.24, 2.45) is 5.41 Å². The van der Waals surface area contributed by atoms with E-state index in [0.717, 1.165) is 23.3 Å². The number of dihydropyridines is 1. The molecule has 0 saturated heterocycles. The highest BCUT2D eigenvalue weighted by Gasteiger charge is 2.41. The van der Waals surface area contributed by atoms with Gasteiger partial charge >= 0.3 is 0 Å². The molecule has 0 fully saturated rings. The lowest BCUT2D eigenvalue weighted by Crippen LogP contribution is -2.36. The summed E-state index contributed by atoms with van der Waals surface area (Å²) >= 11 is 4.45. The van der Waals surface area contributed by atoms with Crippen molar-refractivity contribution in [3.8, 4) is 6.07 Å². The molecule has 0 bridgehead atoms. The van der Waals surface area contributed by atoms with Gasteiger partial charge in [-0.1, -0.05) is 44.2 Å². The molecular weight excluding hydrogens is 292 g/mol. The maximum Gasteiger partial charge on any atom is 0.162 e. The number of nitrogens with zero attached hydrogens (tertiary/aromatic N) is 1. The molecule has 1 heterocycles. The molecule has 3 rings (SSSR count). The summed E-state index contributed by atoms with van der Waals surface area (Å²) in [5, 5.41) is 13.3. The van der Waals surface area contributed by atoms with E-state index in [2.05, 4.69) is 37.9 Å². The lowest BCUT2D eigenvalue weighted by molar-refractivity contribution is -0.118. The second-order valence-corrected chi connectivity index (χ2v) is 7.12. The van der Waals surface area contributed by atoms with Crippen LogP contribution in [-0.4, -0.2) is 5.78 Å². The number of nitrogens with one attached hydrogen (secondary N) is 1. The summed E-state index contributed by atoms with van der Waals surface area (Å²) in [4.78, 5) is 12.7. The number of thiol groups is 1. The number of hydrogen-bond donors (Lipinski definition) is 2. The van der Waals surface area contributed by atoms with E-state index in [-0.39, 0.29) is 17.1 Å². The number of Topliss-reactive ketones (excluding diaryl/α,β-unsaturated/α-hetero) is 1. The van der Waals surface area contributed by atoms with Crippen LogP contribution in [0.5, 0.6) is 0 Å². The lowest BCUT2D eigenvalue weighted by Gasteiger charge is -2.38. The molecule has 22 heavy (non-hydrogen) atoms. The number of allylic oxidation sites excluding steroid dienone is 3. The van der Waals surface area contributed by atoms with Crippen molar-refractivity contribution in [3.05, 3.63) is 57.8 Å². The first-order chi connectivity index (χ1) is 10.4. The quantitative estimate of drug-likeness (QED) is 0.778. The molecule has 1 unspecified atom stereocenters. The van der Waals surface area contributed by atoms with Crippen LogP contribution in [-0.2, 0) is 4.79 Å². The van der Waals surface area contributed by atoms with Crippen molar-refractivity contribution >= 4 is 18.4 Å². The van der Waals surface area contributed by atoms with E-state index in [1.54, 1.807) is 0 Å². The Hall–Kier alpha value is -1.99. The van der Waals surface area contributed by atoms with Gasteiger partial charge in [0.25, 0.3) is 0 Å². The molecule has 1 aliphatic carbocycles. The number of rotatable bonds is 1. The normalized spacial score (nSPS) is 23.7. The minimum absolute atomic E-state index is 0.0671. The maximum absolute atomic E-state index is 12.7. The van der Waals surface area contributed by atoms with Gasteiger partial charge in [-0.2, -0.15) is 5.26 Å². The second-order valence-electron chi connectivity index (χ2n) is 6.68. The average Bonchev–Trinajstić information content (AvgIpc) is 2.45. The average molecular weight is 310 g/mol. The minimum Gasteiger partial charge on any atom is -0.353 e. The summed E-state index contributed by atoms with van der Waals surface area (Å²) < 4.78 is 0. The smallest absolute Gasteiger partial charge is 0.162 e. The van der Waals surface area contributed by atoms with Gasteiger partial charge in [0.15, 0.2) is 5.78 Å². The number of carbonyl (C=O) groups excluding carboxylic acids is 1. The van der Waals surface area contributed by atoms with Crippen LogP contribution in [0.15, 0.2) is 52.2 Å². The van der Waals surface area contributed by atoms with E-state index in [4.69, 9.17) is 0 Å². The Morgan fingerprint density at radius 1 is 1.27 bits per heavy atom. The first-order valence-corrected chi connectivity index (χ1v) is 7.79. The maximum atomic E-state index is 12.7. The van der Waals surface area contributed by atoms with Gasteiger partial charge in [-0.15, -0.1) is 12.6 Å². The van der Waals surface area contributed by atoms with E-state index >= 15 is 0 Å². The molecule has 0 aromatic heterocycles. The van der Waals surface area contributed by atoms with Crippen molar-refractivity contribution in [1.82, 2.24) is 5.32 Å². The summed E-state index contributed by atoms with van der Waals surface area (Å²) in [6.07, 6.45) is 1.30. The fraction of sp³-hybridized carbons (Fsp3) is 0.333. The predicted octanol–water partition coefficient (Wildman–Crippen LogP) is 3.68. The largest absolute Gasteiger partial charge is 0.353 e. The Morgan fingerprint density at radius 2 is 1.95 bits per heavy atom. The fourth-order valence-electron chi connectivity index (χ4n) is 3.37. The summed E-state index contributed by atoms with van der Waals surface area (Å²) in [5.74, 6) is -0.181. The first kappa shape index (κ1) is 14.9. The van der Waals surface area contributed by atoms with Crippen molar-refractivity contribution in [3.63, 3.8) is 0 Å². The van der Waals surface area contributed by atoms with Gasteiger partial charge < -0.3 is 5.32 Å². The molecule has 0 radical (unpaired) electrons. The Morgan fingerprint density at radius 3 is 2.59 bits per heavy atom. The molecule has 2 aliphatic rings. The molecule has 112 valence electrons. The zero-order valence-electron chi connectivity index (χ0n) is 12.7. The van der Waals surface area contributed by atoms with Crippen LogP contribution in [0.1, 0.15) is 38.2 Å². The van der Waals surface area contributed by atoms with E-state index in [1.165, 1.54) is 0 Å². The molecule has 4 heteroatoms. The Bertz CT molecular complexity index is 738. The SMILES string of the molecule is CC1(C)CC(=O)C2=C(C1)NC(S)=C(C#N)C2c1ccccc1. The highest BCUT2D eigenvalue weighted by molar-refractivity contribution is 7.84. The first-order valence-electron chi connectivity index (χ1n) is 7.34. The third-order valence-corrected chi connectivity index (χ3v) is 4.63. The second kappa shape index (κ2) is 5.33. The van der Waals surface area contributed by atoms with Crippen LogP contribution in [0.25, 0.3) is 0 Å². The molecule has 1 aromatic carbocycles. The van der Waals surface area contributed by atoms with Gasteiger partial charge in [0.1, 0.15) is 0 Å². The molecule has 1 N–H and O–H groups in total. The number of hydrogen-bond acceptors (Lipinski definition) is 4. The number of benzene rings is 1. The third kappa shape index (κ3) is 2.46. The molecule has 1 aromatic rings. The Balaban J connectivity index is 2.18. The summed E-state index contributed by atoms with van der Waals surface area (Å²) in [5.41, 5.74) is 3.07. The van der Waals surface area contributed by atoms with Gasteiger partial charge in [0.2, 0.25) is 0 Å². The van der Waals surface area contributed by atoms with Crippen molar-refractivity contribution in [2.75, 3.05) is 0 Å². The molecule has 1 atom stereocenters. The Labute approximate surface area is 136 Å². The predicted molar refractivity (Wildman–Crippen MR) is 89.0 cm³/mol. The standard InChI is InChI=1S/C18H18N2OS/c1-18(2)8-13-16(14(21)9-18)15(11-6-4-3-5-7-11)12(10-19)17(22)20-13/h3-7,15,20,22H,8-9H2,1-2H3. The van der Waals surface area contributed by atoms with Gasteiger partial charge in [-0.05, 0) is 17.4 Å². The highest BCUT2D eigenvalue weighted by atomic mass is 32.1. The van der Waals surface area contributed by atoms with E-state index in [9.17, 15) is 10.1 Å². The topological polar surface area (TPSA) is 52.9 Å². The molecule has 1 aliphatic heterocycles. The van der Waals surface area contributed by atoms with Crippen LogP contribution in [0.2, 0.25) is 0 Å². The number of nitriles is 1. The minimum atomic E-state index is -0.307. The zero-order valence-corrected chi connectivity index (χ0v) is 13.6. The van der Waals surface area contributed by atoms with Gasteiger partial charge in [-0.3, -0.25) is 4.79 Å². The van der Waals surface area contributed by atoms with Crippen LogP contribution >= 0.6 is 12.6 Å². The zero-order chi connectivity index (χ0) is 15.9.